The van der Waals surface area contributed by atoms with Crippen molar-refractivity contribution in [3.63, 3.8) is 0 Å². The molecule has 3 heteroatoms. The average molecular weight is 218 g/mol. The minimum atomic E-state index is -0.0430. The van der Waals surface area contributed by atoms with E-state index in [0.717, 1.165) is 19.6 Å². The van der Waals surface area contributed by atoms with Crippen molar-refractivity contribution in [2.75, 3.05) is 13.1 Å². The van der Waals surface area contributed by atoms with Gasteiger partial charge in [-0.2, -0.15) is 0 Å². The molecule has 86 valence electrons. The van der Waals surface area contributed by atoms with Gasteiger partial charge in [-0.15, -0.1) is 0 Å². The van der Waals surface area contributed by atoms with Gasteiger partial charge in [-0.3, -0.25) is 4.79 Å². The van der Waals surface area contributed by atoms with Crippen molar-refractivity contribution < 1.29 is 4.79 Å². The standard InChI is InChI=1S/C13H18N2O/c1-10-4-3-5-12(8-10)9-15-7-6-14-11(2)13(15)16/h3-5,8,11,14H,6-7,9H2,1-2H3/t11-/m0/s1. The summed E-state index contributed by atoms with van der Waals surface area (Å²) in [6.07, 6.45) is 0. The molecule has 0 spiro atoms. The molecule has 1 aliphatic rings. The molecule has 1 aliphatic heterocycles. The molecule has 1 amide bonds. The van der Waals surface area contributed by atoms with Crippen molar-refractivity contribution in [1.29, 1.82) is 0 Å². The minimum absolute atomic E-state index is 0.0430. The number of nitrogens with one attached hydrogen (secondary N) is 1. The van der Waals surface area contributed by atoms with Crippen LogP contribution in [0.15, 0.2) is 24.3 Å². The van der Waals surface area contributed by atoms with Crippen LogP contribution in [0.4, 0.5) is 0 Å². The van der Waals surface area contributed by atoms with Gasteiger partial charge in [0.15, 0.2) is 0 Å². The Morgan fingerprint density at radius 2 is 2.31 bits per heavy atom. The van der Waals surface area contributed by atoms with Crippen LogP contribution in [-0.2, 0) is 11.3 Å². The summed E-state index contributed by atoms with van der Waals surface area (Å²) in [5.41, 5.74) is 2.45. The van der Waals surface area contributed by atoms with Crippen LogP contribution in [0.25, 0.3) is 0 Å². The first-order chi connectivity index (χ1) is 7.66. The number of nitrogens with zero attached hydrogens (tertiary/aromatic N) is 1. The first-order valence-corrected chi connectivity index (χ1v) is 5.74. The van der Waals surface area contributed by atoms with E-state index in [4.69, 9.17) is 0 Å². The Kier molecular flexibility index (Phi) is 3.25. The third kappa shape index (κ3) is 2.42. The summed E-state index contributed by atoms with van der Waals surface area (Å²) in [4.78, 5) is 13.8. The molecule has 1 saturated heterocycles. The quantitative estimate of drug-likeness (QED) is 0.812. The summed E-state index contributed by atoms with van der Waals surface area (Å²) < 4.78 is 0. The minimum Gasteiger partial charge on any atom is -0.336 e. The Labute approximate surface area is 96.5 Å². The third-order valence-electron chi connectivity index (χ3n) is 2.97. The van der Waals surface area contributed by atoms with E-state index >= 15 is 0 Å². The van der Waals surface area contributed by atoms with Gasteiger partial charge in [0.25, 0.3) is 0 Å². The second-order valence-corrected chi connectivity index (χ2v) is 4.42. The number of hydrogen-bond donors (Lipinski definition) is 1. The summed E-state index contributed by atoms with van der Waals surface area (Å²) in [6, 6.07) is 8.29. The average Bonchev–Trinajstić information content (AvgIpc) is 2.25. The Morgan fingerprint density at radius 3 is 3.06 bits per heavy atom. The van der Waals surface area contributed by atoms with Crippen LogP contribution < -0.4 is 5.32 Å². The van der Waals surface area contributed by atoms with Gasteiger partial charge in [0.1, 0.15) is 0 Å². The monoisotopic (exact) mass is 218 g/mol. The molecule has 1 atom stereocenters. The van der Waals surface area contributed by atoms with E-state index in [9.17, 15) is 4.79 Å². The van der Waals surface area contributed by atoms with Gasteiger partial charge < -0.3 is 10.2 Å². The molecule has 0 bridgehead atoms. The van der Waals surface area contributed by atoms with Gasteiger partial charge in [-0.05, 0) is 19.4 Å². The molecule has 0 unspecified atom stereocenters. The molecular weight excluding hydrogens is 200 g/mol. The van der Waals surface area contributed by atoms with Crippen LogP contribution in [0.5, 0.6) is 0 Å². The van der Waals surface area contributed by atoms with Gasteiger partial charge >= 0.3 is 0 Å². The number of piperazine rings is 1. The lowest BCUT2D eigenvalue weighted by Crippen LogP contribution is -2.53. The molecule has 1 fully saturated rings. The molecule has 1 heterocycles. The maximum atomic E-state index is 11.9. The molecule has 3 nitrogen and oxygen atoms in total. The predicted octanol–water partition coefficient (Wildman–Crippen LogP) is 1.32. The molecule has 1 aromatic rings. The van der Waals surface area contributed by atoms with E-state index in [-0.39, 0.29) is 11.9 Å². The van der Waals surface area contributed by atoms with Crippen molar-refractivity contribution in [2.24, 2.45) is 0 Å². The van der Waals surface area contributed by atoms with Crippen LogP contribution in [0.2, 0.25) is 0 Å². The highest BCUT2D eigenvalue weighted by atomic mass is 16.2. The number of amides is 1. The molecule has 0 saturated carbocycles. The van der Waals surface area contributed by atoms with Crippen LogP contribution in [0.3, 0.4) is 0 Å². The van der Waals surface area contributed by atoms with Crippen LogP contribution in [0, 0.1) is 6.92 Å². The Balaban J connectivity index is 2.06. The maximum Gasteiger partial charge on any atom is 0.239 e. The molecule has 2 rings (SSSR count). The largest absolute Gasteiger partial charge is 0.336 e. The lowest BCUT2D eigenvalue weighted by molar-refractivity contribution is -0.135. The van der Waals surface area contributed by atoms with Crippen molar-refractivity contribution in [3.05, 3.63) is 35.4 Å². The number of carbonyl (C=O) groups is 1. The topological polar surface area (TPSA) is 32.3 Å². The van der Waals surface area contributed by atoms with E-state index in [0.29, 0.717) is 0 Å². The second-order valence-electron chi connectivity index (χ2n) is 4.42. The Hall–Kier alpha value is -1.35. The first-order valence-electron chi connectivity index (χ1n) is 5.74. The fraction of sp³-hybridized carbons (Fsp3) is 0.462. The zero-order valence-corrected chi connectivity index (χ0v) is 9.86. The summed E-state index contributed by atoms with van der Waals surface area (Å²) in [7, 11) is 0. The Bertz CT molecular complexity index is 389. The van der Waals surface area contributed by atoms with Crippen molar-refractivity contribution in [3.8, 4) is 0 Å². The first kappa shape index (κ1) is 11.1. The SMILES string of the molecule is Cc1cccc(CN2CCN[C@@H](C)C2=O)c1. The molecule has 0 aliphatic carbocycles. The molecule has 1 aromatic carbocycles. The number of aryl methyl sites for hydroxylation is 1. The number of hydrogen-bond acceptors (Lipinski definition) is 2. The Morgan fingerprint density at radius 1 is 1.50 bits per heavy atom. The zero-order chi connectivity index (χ0) is 11.5. The van der Waals surface area contributed by atoms with Crippen molar-refractivity contribution in [1.82, 2.24) is 10.2 Å². The van der Waals surface area contributed by atoms with Gasteiger partial charge in [0.05, 0.1) is 6.04 Å². The van der Waals surface area contributed by atoms with E-state index < -0.39 is 0 Å². The normalized spacial score (nSPS) is 21.2. The smallest absolute Gasteiger partial charge is 0.239 e. The van der Waals surface area contributed by atoms with Gasteiger partial charge in [0, 0.05) is 19.6 Å². The molecule has 16 heavy (non-hydrogen) atoms. The highest BCUT2D eigenvalue weighted by Gasteiger charge is 2.24. The number of benzene rings is 1. The van der Waals surface area contributed by atoms with E-state index in [1.165, 1.54) is 11.1 Å². The third-order valence-corrected chi connectivity index (χ3v) is 2.97. The highest BCUT2D eigenvalue weighted by molar-refractivity contribution is 5.82. The van der Waals surface area contributed by atoms with Gasteiger partial charge in [0.2, 0.25) is 5.91 Å². The predicted molar refractivity (Wildman–Crippen MR) is 64.1 cm³/mol. The van der Waals surface area contributed by atoms with E-state index in [2.05, 4.69) is 30.4 Å². The van der Waals surface area contributed by atoms with E-state index in [1.807, 2.05) is 17.9 Å². The maximum absolute atomic E-state index is 11.9. The van der Waals surface area contributed by atoms with Crippen molar-refractivity contribution >= 4 is 5.91 Å². The zero-order valence-electron chi connectivity index (χ0n) is 9.86. The fourth-order valence-corrected chi connectivity index (χ4v) is 2.08. The summed E-state index contributed by atoms with van der Waals surface area (Å²) in [5, 5.41) is 3.17. The summed E-state index contributed by atoms with van der Waals surface area (Å²) in [6.45, 7) is 6.42. The van der Waals surface area contributed by atoms with Gasteiger partial charge in [-0.1, -0.05) is 29.8 Å². The lowest BCUT2D eigenvalue weighted by Gasteiger charge is -2.31. The number of carbonyl (C=O) groups excluding carboxylic acids is 1. The number of rotatable bonds is 2. The van der Waals surface area contributed by atoms with Crippen LogP contribution in [-0.4, -0.2) is 29.9 Å². The van der Waals surface area contributed by atoms with Crippen LogP contribution in [0.1, 0.15) is 18.1 Å². The lowest BCUT2D eigenvalue weighted by atomic mass is 10.1. The second kappa shape index (κ2) is 4.66. The summed E-state index contributed by atoms with van der Waals surface area (Å²) in [5.74, 6) is 0.202. The van der Waals surface area contributed by atoms with Gasteiger partial charge in [-0.25, -0.2) is 0 Å². The molecule has 0 radical (unpaired) electrons. The highest BCUT2D eigenvalue weighted by Crippen LogP contribution is 2.10. The molecule has 0 aromatic heterocycles. The van der Waals surface area contributed by atoms with Crippen molar-refractivity contribution in [2.45, 2.75) is 26.4 Å². The van der Waals surface area contributed by atoms with E-state index in [1.54, 1.807) is 0 Å². The fourth-order valence-electron chi connectivity index (χ4n) is 2.08. The summed E-state index contributed by atoms with van der Waals surface area (Å²) >= 11 is 0. The molecule has 1 N–H and O–H groups in total. The van der Waals surface area contributed by atoms with Crippen LogP contribution >= 0.6 is 0 Å². The molecular formula is C13H18N2O.